The number of carbonyl (C=O) groups is 5. The number of nitrogens with one attached hydrogen (secondary N) is 4. The number of amides is 3. The zero-order chi connectivity index (χ0) is 34.5. The Labute approximate surface area is 269 Å². The van der Waals surface area contributed by atoms with Crippen LogP contribution in [0.25, 0.3) is 10.9 Å². The number of carbonyl (C=O) groups excluding carboxylic acids is 3. The van der Waals surface area contributed by atoms with Gasteiger partial charge in [-0.25, -0.2) is 4.79 Å². The minimum atomic E-state index is -1.38. The van der Waals surface area contributed by atoms with Gasteiger partial charge in [-0.05, 0) is 48.6 Å². The van der Waals surface area contributed by atoms with Crippen molar-refractivity contribution in [3.8, 4) is 5.75 Å². The van der Waals surface area contributed by atoms with Crippen LogP contribution in [0.3, 0.4) is 0 Å². The van der Waals surface area contributed by atoms with Gasteiger partial charge in [-0.3, -0.25) is 24.2 Å². The molecule has 3 amide bonds. The standard InChI is InChI=1S/C31H40N8O8/c32-21(11-12-26(41)42)27(43)38-24(15-18-16-36-22-5-2-1-4-20(18)22)29(45)37-23(6-3-13-35-31(33)34)28(44)39-25(30(46)47)14-17-7-9-19(40)10-8-17/h1-2,4-5,7-10,16,21,23-25,36,40H,3,6,11-15,32H2,(H,37,45)(H,38,43)(H,39,44)(H,41,42)(H,46,47)(H4,33,34,35). The molecule has 16 heteroatoms. The molecule has 4 atom stereocenters. The van der Waals surface area contributed by atoms with Crippen LogP contribution in [0.4, 0.5) is 0 Å². The maximum absolute atomic E-state index is 13.8. The third-order valence-corrected chi connectivity index (χ3v) is 7.31. The predicted molar refractivity (Wildman–Crippen MR) is 172 cm³/mol. The van der Waals surface area contributed by atoms with Crippen molar-refractivity contribution in [1.82, 2.24) is 20.9 Å². The lowest BCUT2D eigenvalue weighted by Crippen LogP contribution is -2.57. The fraction of sp³-hybridized carbons (Fsp3) is 0.355. The molecule has 0 bridgehead atoms. The first kappa shape index (κ1) is 35.8. The number of hydrogen-bond donors (Lipinski definition) is 10. The lowest BCUT2D eigenvalue weighted by Gasteiger charge is -2.25. The van der Waals surface area contributed by atoms with Crippen molar-refractivity contribution in [2.75, 3.05) is 6.54 Å². The minimum Gasteiger partial charge on any atom is -0.508 e. The summed E-state index contributed by atoms with van der Waals surface area (Å²) in [5.74, 6) is -4.97. The summed E-state index contributed by atoms with van der Waals surface area (Å²) in [6.45, 7) is 0.117. The van der Waals surface area contributed by atoms with Crippen molar-refractivity contribution < 1.29 is 39.3 Å². The normalized spacial score (nSPS) is 13.5. The second kappa shape index (κ2) is 17.2. The first-order chi connectivity index (χ1) is 22.3. The topological polar surface area (TPSA) is 288 Å². The molecular weight excluding hydrogens is 612 g/mol. The van der Waals surface area contributed by atoms with E-state index >= 15 is 0 Å². The molecule has 0 saturated heterocycles. The number of rotatable bonds is 18. The highest BCUT2D eigenvalue weighted by atomic mass is 16.4. The number of phenolic OH excluding ortho intramolecular Hbond substituents is 1. The number of carboxylic acids is 2. The highest BCUT2D eigenvalue weighted by Crippen LogP contribution is 2.19. The Morgan fingerprint density at radius 3 is 2.11 bits per heavy atom. The molecule has 1 aromatic heterocycles. The zero-order valence-corrected chi connectivity index (χ0v) is 25.5. The molecule has 13 N–H and O–H groups in total. The molecule has 1 heterocycles. The summed E-state index contributed by atoms with van der Waals surface area (Å²) in [4.78, 5) is 70.2. The summed E-state index contributed by atoms with van der Waals surface area (Å²) in [6, 6.07) is 8.00. The van der Waals surface area contributed by atoms with Gasteiger partial charge in [0.15, 0.2) is 5.96 Å². The summed E-state index contributed by atoms with van der Waals surface area (Å²) in [7, 11) is 0. The molecular formula is C31H40N8O8. The van der Waals surface area contributed by atoms with E-state index in [0.29, 0.717) is 11.1 Å². The molecule has 0 saturated carbocycles. The van der Waals surface area contributed by atoms with Crippen LogP contribution < -0.4 is 33.2 Å². The third kappa shape index (κ3) is 11.3. The number of aliphatic carboxylic acids is 2. The predicted octanol–water partition coefficient (Wildman–Crippen LogP) is -0.557. The summed E-state index contributed by atoms with van der Waals surface area (Å²) >= 11 is 0. The number of carboxylic acid groups (broad SMARTS) is 2. The Morgan fingerprint density at radius 2 is 1.45 bits per heavy atom. The van der Waals surface area contributed by atoms with Gasteiger partial charge in [-0.1, -0.05) is 30.3 Å². The Kier molecular flexibility index (Phi) is 13.1. The molecule has 3 rings (SSSR count). The molecule has 16 nitrogen and oxygen atoms in total. The molecule has 252 valence electrons. The number of benzene rings is 2. The van der Waals surface area contributed by atoms with Crippen molar-refractivity contribution in [2.45, 2.75) is 62.7 Å². The molecule has 0 radical (unpaired) electrons. The van der Waals surface area contributed by atoms with Gasteiger partial charge in [0, 0.05) is 42.9 Å². The number of hydrogen-bond acceptors (Lipinski definition) is 8. The molecule has 0 aliphatic carbocycles. The largest absolute Gasteiger partial charge is 0.508 e. The van der Waals surface area contributed by atoms with E-state index in [9.17, 15) is 34.2 Å². The van der Waals surface area contributed by atoms with Crippen LogP contribution in [-0.4, -0.2) is 86.6 Å². The van der Waals surface area contributed by atoms with Crippen LogP contribution in [0.1, 0.15) is 36.8 Å². The number of aliphatic imine (C=N–C) groups is 1. The van der Waals surface area contributed by atoms with Crippen LogP contribution >= 0.6 is 0 Å². The molecule has 4 unspecified atom stereocenters. The number of aromatic amines is 1. The fourth-order valence-corrected chi connectivity index (χ4v) is 4.80. The van der Waals surface area contributed by atoms with E-state index in [-0.39, 0.29) is 56.8 Å². The number of aromatic nitrogens is 1. The van der Waals surface area contributed by atoms with Crippen molar-refractivity contribution in [3.05, 3.63) is 65.9 Å². The SMILES string of the molecule is NC(N)=NCCCC(NC(=O)C(Cc1c[nH]c2ccccc12)NC(=O)C(N)CCC(=O)O)C(=O)NC(Cc1ccc(O)cc1)C(=O)O. The van der Waals surface area contributed by atoms with E-state index in [2.05, 4.69) is 25.9 Å². The van der Waals surface area contributed by atoms with Crippen LogP contribution in [0.15, 0.2) is 59.7 Å². The van der Waals surface area contributed by atoms with E-state index < -0.39 is 53.8 Å². The van der Waals surface area contributed by atoms with Crippen LogP contribution in [-0.2, 0) is 36.8 Å². The molecule has 47 heavy (non-hydrogen) atoms. The van der Waals surface area contributed by atoms with Gasteiger partial charge in [0.05, 0.1) is 6.04 Å². The Bertz CT molecular complexity index is 1590. The molecule has 2 aromatic carbocycles. The van der Waals surface area contributed by atoms with Gasteiger partial charge in [0.2, 0.25) is 17.7 Å². The second-order valence-electron chi connectivity index (χ2n) is 10.9. The number of nitrogens with zero attached hydrogens (tertiary/aromatic N) is 1. The molecule has 0 spiro atoms. The molecule has 3 aromatic rings. The Balaban J connectivity index is 1.85. The first-order valence-electron chi connectivity index (χ1n) is 14.8. The maximum Gasteiger partial charge on any atom is 0.326 e. The summed E-state index contributed by atoms with van der Waals surface area (Å²) < 4.78 is 0. The van der Waals surface area contributed by atoms with Gasteiger partial charge in [-0.2, -0.15) is 0 Å². The number of aromatic hydroxyl groups is 1. The van der Waals surface area contributed by atoms with Gasteiger partial charge in [-0.15, -0.1) is 0 Å². The highest BCUT2D eigenvalue weighted by Gasteiger charge is 2.31. The van der Waals surface area contributed by atoms with Crippen molar-refractivity contribution in [3.63, 3.8) is 0 Å². The van der Waals surface area contributed by atoms with E-state index in [1.54, 1.807) is 6.20 Å². The number of nitrogens with two attached hydrogens (primary N) is 3. The van der Waals surface area contributed by atoms with Crippen LogP contribution in [0.5, 0.6) is 5.75 Å². The van der Waals surface area contributed by atoms with Crippen molar-refractivity contribution >= 4 is 46.5 Å². The lowest BCUT2D eigenvalue weighted by atomic mass is 10.0. The van der Waals surface area contributed by atoms with Gasteiger partial charge in [0.25, 0.3) is 0 Å². The lowest BCUT2D eigenvalue weighted by molar-refractivity contribution is -0.142. The van der Waals surface area contributed by atoms with E-state index in [4.69, 9.17) is 22.3 Å². The van der Waals surface area contributed by atoms with Gasteiger partial charge < -0.3 is 53.5 Å². The average Bonchev–Trinajstić information content (AvgIpc) is 3.43. The van der Waals surface area contributed by atoms with Crippen LogP contribution in [0, 0.1) is 0 Å². The first-order valence-corrected chi connectivity index (χ1v) is 14.8. The number of fused-ring (bicyclic) bond motifs is 1. The monoisotopic (exact) mass is 652 g/mol. The number of guanidine groups is 1. The smallest absolute Gasteiger partial charge is 0.326 e. The average molecular weight is 653 g/mol. The summed E-state index contributed by atoms with van der Waals surface area (Å²) in [6.07, 6.45) is 1.26. The fourth-order valence-electron chi connectivity index (χ4n) is 4.80. The summed E-state index contributed by atoms with van der Waals surface area (Å²) in [5.41, 5.74) is 18.7. The molecule has 0 fully saturated rings. The Morgan fingerprint density at radius 1 is 0.809 bits per heavy atom. The number of H-pyrrole nitrogens is 1. The number of phenols is 1. The zero-order valence-electron chi connectivity index (χ0n) is 25.5. The van der Waals surface area contributed by atoms with E-state index in [1.807, 2.05) is 24.3 Å². The third-order valence-electron chi connectivity index (χ3n) is 7.31. The molecule has 0 aliphatic heterocycles. The summed E-state index contributed by atoms with van der Waals surface area (Å²) in [5, 5.41) is 36.8. The minimum absolute atomic E-state index is 0.00573. The number of para-hydroxylation sites is 1. The van der Waals surface area contributed by atoms with Crippen LogP contribution in [0.2, 0.25) is 0 Å². The second-order valence-corrected chi connectivity index (χ2v) is 10.9. The van der Waals surface area contributed by atoms with Gasteiger partial charge >= 0.3 is 11.9 Å². The molecule has 0 aliphatic rings. The van der Waals surface area contributed by atoms with Crippen molar-refractivity contribution in [2.24, 2.45) is 22.2 Å². The highest BCUT2D eigenvalue weighted by molar-refractivity contribution is 5.95. The van der Waals surface area contributed by atoms with Gasteiger partial charge in [0.1, 0.15) is 23.9 Å². The van der Waals surface area contributed by atoms with E-state index in [0.717, 1.165) is 10.9 Å². The Hall–Kier alpha value is -5.64. The van der Waals surface area contributed by atoms with E-state index in [1.165, 1.54) is 24.3 Å². The van der Waals surface area contributed by atoms with Crippen molar-refractivity contribution in [1.29, 1.82) is 0 Å². The quantitative estimate of drug-likeness (QED) is 0.0472. The maximum atomic E-state index is 13.8.